The molecule has 0 fully saturated rings. The van der Waals surface area contributed by atoms with Crippen molar-refractivity contribution in [3.05, 3.63) is 60.2 Å². The fourth-order valence-electron chi connectivity index (χ4n) is 3.58. The first-order valence-corrected chi connectivity index (χ1v) is 9.97. The van der Waals surface area contributed by atoms with Crippen molar-refractivity contribution in [2.45, 2.75) is 25.6 Å². The summed E-state index contributed by atoms with van der Waals surface area (Å²) in [6.07, 6.45) is 1.69. The summed E-state index contributed by atoms with van der Waals surface area (Å²) in [5.41, 5.74) is 1.88. The normalized spacial score (nSPS) is 16.2. The number of aryl methyl sites for hydroxylation is 1. The number of amides is 2. The van der Waals surface area contributed by atoms with E-state index in [1.165, 1.54) is 11.2 Å². The number of nitrogens with one attached hydrogen (secondary N) is 3. The Kier molecular flexibility index (Phi) is 5.74. The fourth-order valence-corrected chi connectivity index (χ4v) is 3.58. The number of aromatic nitrogens is 2. The van der Waals surface area contributed by atoms with E-state index in [-0.39, 0.29) is 5.91 Å². The Morgan fingerprint density at radius 2 is 1.97 bits per heavy atom. The zero-order valence-corrected chi connectivity index (χ0v) is 17.1. The highest BCUT2D eigenvalue weighted by molar-refractivity contribution is 6.38. The van der Waals surface area contributed by atoms with Crippen molar-refractivity contribution in [2.75, 3.05) is 11.9 Å². The van der Waals surface area contributed by atoms with Crippen molar-refractivity contribution in [1.82, 2.24) is 20.4 Å². The first kappa shape index (κ1) is 20.3. The van der Waals surface area contributed by atoms with Crippen LogP contribution in [0, 0.1) is 5.41 Å². The van der Waals surface area contributed by atoms with E-state index in [0.29, 0.717) is 25.3 Å². The standard InChI is InChI=1S/C22H23N7O2/c1-28-21-16-9-5-6-10-17(16)27-29(21)12-11-18(22(28)31)26-20(30)19(23)25-14-24-13-15-7-3-2-4-8-15/h2-10,14,18H,11-13H2,1H3,(H,26,30)(H2,23,24,25). The number of hydrogen-bond acceptors (Lipinski definition) is 4. The predicted octanol–water partition coefficient (Wildman–Crippen LogP) is 1.68. The van der Waals surface area contributed by atoms with Crippen LogP contribution in [0.4, 0.5) is 5.82 Å². The lowest BCUT2D eigenvalue weighted by molar-refractivity contribution is -0.124. The summed E-state index contributed by atoms with van der Waals surface area (Å²) in [4.78, 5) is 30.7. The summed E-state index contributed by atoms with van der Waals surface area (Å²) in [6, 6.07) is 16.6. The monoisotopic (exact) mass is 417 g/mol. The van der Waals surface area contributed by atoms with Gasteiger partial charge in [0.05, 0.1) is 11.9 Å². The zero-order chi connectivity index (χ0) is 21.8. The number of benzene rings is 2. The van der Waals surface area contributed by atoms with Gasteiger partial charge in [-0.25, -0.2) is 9.67 Å². The Balaban J connectivity index is 1.37. The van der Waals surface area contributed by atoms with E-state index in [1.807, 2.05) is 54.6 Å². The van der Waals surface area contributed by atoms with Gasteiger partial charge in [-0.15, -0.1) is 0 Å². The van der Waals surface area contributed by atoms with Crippen molar-refractivity contribution in [1.29, 1.82) is 5.41 Å². The summed E-state index contributed by atoms with van der Waals surface area (Å²) in [5, 5.41) is 18.9. The molecule has 31 heavy (non-hydrogen) atoms. The third kappa shape index (κ3) is 4.30. The van der Waals surface area contributed by atoms with Gasteiger partial charge in [0, 0.05) is 25.5 Å². The van der Waals surface area contributed by atoms with Gasteiger partial charge in [-0.1, -0.05) is 42.5 Å². The van der Waals surface area contributed by atoms with Crippen LogP contribution in [-0.2, 0) is 22.7 Å². The molecule has 0 saturated heterocycles. The molecule has 9 heteroatoms. The Labute approximate surface area is 179 Å². The van der Waals surface area contributed by atoms with Crippen molar-refractivity contribution in [2.24, 2.45) is 4.99 Å². The number of likely N-dealkylation sites (N-methyl/N-ethyl adjacent to an activating group) is 1. The number of nitrogens with zero attached hydrogens (tertiary/aromatic N) is 4. The van der Waals surface area contributed by atoms with Gasteiger partial charge in [0.15, 0.2) is 0 Å². The fraction of sp³-hybridized carbons (Fsp3) is 0.227. The maximum Gasteiger partial charge on any atom is 0.289 e. The SMILES string of the molecule is CN1C(=O)C(NC(=O)C(=N)/N=C\NCc2ccccc2)CCn2nc3ccccc3c21. The molecule has 1 aliphatic rings. The number of aliphatic imine (C=N–C) groups is 1. The third-order valence-electron chi connectivity index (χ3n) is 5.15. The van der Waals surface area contributed by atoms with E-state index < -0.39 is 17.8 Å². The number of anilines is 1. The number of carbonyl (C=O) groups is 2. The number of hydrogen-bond donors (Lipinski definition) is 3. The largest absolute Gasteiger partial charge is 0.372 e. The molecule has 1 aliphatic heterocycles. The molecular formula is C22H23N7O2. The number of amidine groups is 1. The average molecular weight is 417 g/mol. The molecule has 3 aromatic rings. The highest BCUT2D eigenvalue weighted by atomic mass is 16.2. The van der Waals surface area contributed by atoms with Crippen molar-refractivity contribution < 1.29 is 9.59 Å². The van der Waals surface area contributed by atoms with Gasteiger partial charge >= 0.3 is 0 Å². The van der Waals surface area contributed by atoms with E-state index >= 15 is 0 Å². The molecule has 158 valence electrons. The second-order valence-electron chi connectivity index (χ2n) is 7.25. The molecule has 2 amide bonds. The second-order valence-corrected chi connectivity index (χ2v) is 7.25. The molecule has 0 spiro atoms. The second kappa shape index (κ2) is 8.78. The Morgan fingerprint density at radius 1 is 1.23 bits per heavy atom. The minimum atomic E-state index is -0.759. The molecule has 1 atom stereocenters. The summed E-state index contributed by atoms with van der Waals surface area (Å²) >= 11 is 0. The van der Waals surface area contributed by atoms with Gasteiger partial charge in [0.2, 0.25) is 5.84 Å². The van der Waals surface area contributed by atoms with Crippen LogP contribution in [0.5, 0.6) is 0 Å². The topological polar surface area (TPSA) is 115 Å². The summed E-state index contributed by atoms with van der Waals surface area (Å²) < 4.78 is 1.78. The van der Waals surface area contributed by atoms with Crippen molar-refractivity contribution in [3.8, 4) is 0 Å². The maximum absolute atomic E-state index is 13.0. The van der Waals surface area contributed by atoms with Gasteiger partial charge in [-0.05, 0) is 24.1 Å². The molecule has 1 unspecified atom stereocenters. The van der Waals surface area contributed by atoms with E-state index in [4.69, 9.17) is 5.41 Å². The van der Waals surface area contributed by atoms with Gasteiger partial charge in [-0.3, -0.25) is 19.9 Å². The maximum atomic E-state index is 13.0. The van der Waals surface area contributed by atoms with Crippen LogP contribution in [0.1, 0.15) is 12.0 Å². The Hall–Kier alpha value is -4.01. The minimum Gasteiger partial charge on any atom is -0.372 e. The van der Waals surface area contributed by atoms with Crippen LogP contribution in [0.25, 0.3) is 10.9 Å². The lowest BCUT2D eigenvalue weighted by Gasteiger charge is -2.20. The molecule has 0 saturated carbocycles. The minimum absolute atomic E-state index is 0.253. The molecule has 0 aliphatic carbocycles. The van der Waals surface area contributed by atoms with Crippen molar-refractivity contribution >= 4 is 40.7 Å². The van der Waals surface area contributed by atoms with Gasteiger partial charge in [0.1, 0.15) is 11.9 Å². The number of carbonyl (C=O) groups excluding carboxylic acids is 2. The Morgan fingerprint density at radius 3 is 2.77 bits per heavy atom. The van der Waals surface area contributed by atoms with Gasteiger partial charge < -0.3 is 10.6 Å². The molecule has 0 bridgehead atoms. The van der Waals surface area contributed by atoms with E-state index in [9.17, 15) is 9.59 Å². The first-order chi connectivity index (χ1) is 15.0. The summed E-state index contributed by atoms with van der Waals surface area (Å²) in [6.45, 7) is 1.00. The van der Waals surface area contributed by atoms with E-state index in [1.54, 1.807) is 11.7 Å². The van der Waals surface area contributed by atoms with Gasteiger partial charge in [-0.2, -0.15) is 5.10 Å². The van der Waals surface area contributed by atoms with Crippen LogP contribution < -0.4 is 15.5 Å². The van der Waals surface area contributed by atoms with Crippen LogP contribution in [0.3, 0.4) is 0 Å². The van der Waals surface area contributed by atoms with Gasteiger partial charge in [0.25, 0.3) is 11.8 Å². The molecule has 3 N–H and O–H groups in total. The average Bonchev–Trinajstić information content (AvgIpc) is 3.12. The highest BCUT2D eigenvalue weighted by Crippen LogP contribution is 2.29. The molecule has 9 nitrogen and oxygen atoms in total. The molecular weight excluding hydrogens is 394 g/mol. The molecule has 2 aromatic carbocycles. The van der Waals surface area contributed by atoms with E-state index in [2.05, 4.69) is 20.7 Å². The molecule has 1 aromatic heterocycles. The molecule has 2 heterocycles. The number of fused-ring (bicyclic) bond motifs is 3. The summed E-state index contributed by atoms with van der Waals surface area (Å²) in [7, 11) is 1.67. The third-order valence-corrected chi connectivity index (χ3v) is 5.15. The van der Waals surface area contributed by atoms with Crippen LogP contribution in [-0.4, -0.2) is 46.9 Å². The number of rotatable bonds is 4. The van der Waals surface area contributed by atoms with Crippen LogP contribution in [0.15, 0.2) is 59.6 Å². The lowest BCUT2D eigenvalue weighted by atomic mass is 10.2. The summed E-state index contributed by atoms with van der Waals surface area (Å²) in [5.74, 6) is -0.718. The van der Waals surface area contributed by atoms with E-state index in [0.717, 1.165) is 16.5 Å². The lowest BCUT2D eigenvalue weighted by Crippen LogP contribution is -2.48. The quantitative estimate of drug-likeness (QED) is 0.442. The van der Waals surface area contributed by atoms with Crippen LogP contribution in [0.2, 0.25) is 0 Å². The molecule has 4 rings (SSSR count). The van der Waals surface area contributed by atoms with Crippen molar-refractivity contribution in [3.63, 3.8) is 0 Å². The molecule has 0 radical (unpaired) electrons. The first-order valence-electron chi connectivity index (χ1n) is 9.97. The predicted molar refractivity (Wildman–Crippen MR) is 119 cm³/mol. The Bertz CT molecular complexity index is 1150. The van der Waals surface area contributed by atoms with Crippen LogP contribution >= 0.6 is 0 Å². The smallest absolute Gasteiger partial charge is 0.289 e. The highest BCUT2D eigenvalue weighted by Gasteiger charge is 2.32. The zero-order valence-electron chi connectivity index (χ0n) is 17.1.